The molecule has 2 heterocycles. The zero-order valence-electron chi connectivity index (χ0n) is 12.3. The minimum absolute atomic E-state index is 0.0400. The number of amides is 1. The van der Waals surface area contributed by atoms with Gasteiger partial charge in [0.25, 0.3) is 11.4 Å². The van der Waals surface area contributed by atoms with Gasteiger partial charge in [0.1, 0.15) is 11.7 Å². The number of hydrogen-bond acceptors (Lipinski definition) is 8. The van der Waals surface area contributed by atoms with Crippen LogP contribution in [0.2, 0.25) is 0 Å². The van der Waals surface area contributed by atoms with Gasteiger partial charge in [-0.05, 0) is 6.07 Å². The van der Waals surface area contributed by atoms with E-state index in [0.29, 0.717) is 5.69 Å². The molecule has 2 aromatic rings. The van der Waals surface area contributed by atoms with Gasteiger partial charge in [0.15, 0.2) is 0 Å². The van der Waals surface area contributed by atoms with Crippen molar-refractivity contribution < 1.29 is 24.2 Å². The predicted octanol–water partition coefficient (Wildman–Crippen LogP) is 0.866. The molecule has 1 N–H and O–H groups in total. The molecular formula is C13H9N5O7. The van der Waals surface area contributed by atoms with E-state index < -0.39 is 39.3 Å². The minimum Gasteiger partial charge on any atom is -0.375 e. The van der Waals surface area contributed by atoms with Crippen molar-refractivity contribution in [2.24, 2.45) is 0 Å². The molecule has 25 heavy (non-hydrogen) atoms. The Morgan fingerprint density at radius 2 is 2.00 bits per heavy atom. The summed E-state index contributed by atoms with van der Waals surface area (Å²) in [7, 11) is 0. The molecule has 1 aromatic heterocycles. The lowest BCUT2D eigenvalue weighted by Crippen LogP contribution is -2.30. The highest BCUT2D eigenvalue weighted by Crippen LogP contribution is 2.28. The molecule has 1 saturated heterocycles. The number of benzene rings is 1. The van der Waals surface area contributed by atoms with Crippen molar-refractivity contribution in [3.05, 3.63) is 56.6 Å². The number of aromatic nitrogens is 2. The van der Waals surface area contributed by atoms with Crippen molar-refractivity contribution in [2.75, 3.05) is 0 Å². The van der Waals surface area contributed by atoms with Crippen LogP contribution in [0.5, 0.6) is 0 Å². The van der Waals surface area contributed by atoms with Gasteiger partial charge in [-0.15, -0.1) is 0 Å². The van der Waals surface area contributed by atoms with Crippen molar-refractivity contribution in [3.8, 4) is 5.69 Å². The van der Waals surface area contributed by atoms with Gasteiger partial charge in [-0.3, -0.25) is 24.8 Å². The van der Waals surface area contributed by atoms with Crippen molar-refractivity contribution in [3.63, 3.8) is 0 Å². The molecule has 0 aliphatic carbocycles. The topological polar surface area (TPSA) is 159 Å². The van der Waals surface area contributed by atoms with E-state index in [4.69, 9.17) is 0 Å². The monoisotopic (exact) mass is 347 g/mol. The molecule has 1 aliphatic heterocycles. The summed E-state index contributed by atoms with van der Waals surface area (Å²) in [6, 6.07) is 2.33. The summed E-state index contributed by atoms with van der Waals surface area (Å²) in [5.41, 5.74) is -0.428. The predicted molar refractivity (Wildman–Crippen MR) is 79.0 cm³/mol. The number of nitro groups is 2. The second-order valence-corrected chi connectivity index (χ2v) is 5.07. The first-order valence-corrected chi connectivity index (χ1v) is 6.83. The van der Waals surface area contributed by atoms with E-state index >= 15 is 0 Å². The lowest BCUT2D eigenvalue weighted by atomic mass is 10.2. The average Bonchev–Trinajstić information content (AvgIpc) is 3.13. The van der Waals surface area contributed by atoms with E-state index in [2.05, 4.69) is 15.0 Å². The van der Waals surface area contributed by atoms with E-state index in [0.717, 1.165) is 12.1 Å². The maximum absolute atomic E-state index is 11.4. The van der Waals surface area contributed by atoms with Crippen LogP contribution in [0.15, 0.2) is 30.7 Å². The number of alkyl carbamates (subject to hydrolysis) is 1. The van der Waals surface area contributed by atoms with Crippen LogP contribution in [0.1, 0.15) is 5.69 Å². The maximum atomic E-state index is 11.4. The van der Waals surface area contributed by atoms with Gasteiger partial charge in [-0.1, -0.05) is 0 Å². The lowest BCUT2D eigenvalue weighted by molar-refractivity contribution is -0.394. The zero-order chi connectivity index (χ0) is 18.1. The third kappa shape index (κ3) is 3.12. The highest BCUT2D eigenvalue weighted by molar-refractivity contribution is 5.95. The molecule has 0 radical (unpaired) electrons. The fraction of sp³-hybridized carbons (Fsp3) is 0.154. The molecule has 1 amide bonds. The summed E-state index contributed by atoms with van der Waals surface area (Å²) in [5, 5.41) is 24.2. The Hall–Kier alpha value is -3.83. The second-order valence-electron chi connectivity index (χ2n) is 5.07. The van der Waals surface area contributed by atoms with Gasteiger partial charge in [0, 0.05) is 18.7 Å². The Bertz CT molecular complexity index is 906. The summed E-state index contributed by atoms with van der Waals surface area (Å²) >= 11 is 0. The van der Waals surface area contributed by atoms with Crippen LogP contribution in [0, 0.1) is 20.2 Å². The van der Waals surface area contributed by atoms with E-state index in [1.807, 2.05) is 0 Å². The summed E-state index contributed by atoms with van der Waals surface area (Å²) in [5.74, 6) is -0.735. The number of imidazole rings is 1. The Labute approximate surface area is 138 Å². The van der Waals surface area contributed by atoms with E-state index in [9.17, 15) is 29.8 Å². The first-order chi connectivity index (χ1) is 11.8. The molecule has 3 rings (SSSR count). The lowest BCUT2D eigenvalue weighted by Gasteiger charge is -2.04. The number of rotatable bonds is 5. The zero-order valence-corrected chi connectivity index (χ0v) is 12.3. The Kier molecular flexibility index (Phi) is 3.85. The number of non-ortho nitro benzene ring substituents is 1. The second kappa shape index (κ2) is 5.99. The number of nitrogens with zero attached hydrogens (tertiary/aromatic N) is 4. The number of nitrogens with one attached hydrogen (secondary N) is 1. The number of carbonyl (C=O) groups excluding carboxylic acids is 2. The van der Waals surface area contributed by atoms with Gasteiger partial charge in [0.05, 0.1) is 27.9 Å². The van der Waals surface area contributed by atoms with Crippen LogP contribution in [0.4, 0.5) is 16.2 Å². The SMILES string of the molecule is O=C1N[C@H](Cc2cn(-c3ccc([N+](=O)[O-])cc3[N+](=O)[O-])cn2)C(=O)O1. The van der Waals surface area contributed by atoms with E-state index in [1.54, 1.807) is 0 Å². The van der Waals surface area contributed by atoms with Crippen molar-refractivity contribution >= 4 is 23.4 Å². The van der Waals surface area contributed by atoms with Crippen molar-refractivity contribution in [2.45, 2.75) is 12.5 Å². The van der Waals surface area contributed by atoms with Gasteiger partial charge in [0.2, 0.25) is 0 Å². The molecule has 0 spiro atoms. The normalized spacial score (nSPS) is 16.4. The summed E-state index contributed by atoms with van der Waals surface area (Å²) in [6.45, 7) is 0. The molecule has 1 aromatic carbocycles. The summed E-state index contributed by atoms with van der Waals surface area (Å²) in [4.78, 5) is 46.9. The number of nitro benzene ring substituents is 2. The fourth-order valence-corrected chi connectivity index (χ4v) is 2.33. The molecular weight excluding hydrogens is 338 g/mol. The minimum atomic E-state index is -0.886. The van der Waals surface area contributed by atoms with Crippen LogP contribution in [0.25, 0.3) is 5.69 Å². The fourth-order valence-electron chi connectivity index (χ4n) is 2.33. The number of esters is 1. The molecule has 0 saturated carbocycles. The smallest absolute Gasteiger partial charge is 0.375 e. The van der Waals surface area contributed by atoms with Crippen LogP contribution in [0.3, 0.4) is 0 Å². The van der Waals surface area contributed by atoms with Crippen molar-refractivity contribution in [1.29, 1.82) is 0 Å². The van der Waals surface area contributed by atoms with E-state index in [-0.39, 0.29) is 12.1 Å². The van der Waals surface area contributed by atoms with Crippen LogP contribution in [-0.2, 0) is 16.0 Å². The molecule has 12 heteroatoms. The summed E-state index contributed by atoms with van der Waals surface area (Å²) < 4.78 is 5.65. The standard InChI is InChI=1S/C13H9N5O7/c19-12-9(15-13(20)25-12)3-7-5-16(6-14-7)10-2-1-8(17(21)22)4-11(10)18(23)24/h1-2,4-6,9H,3H2,(H,15,20)/t9-/m1/s1. The molecule has 1 aliphatic rings. The Morgan fingerprint density at radius 3 is 2.60 bits per heavy atom. The van der Waals surface area contributed by atoms with Crippen LogP contribution in [-0.4, -0.2) is 37.5 Å². The number of ether oxygens (including phenoxy) is 1. The van der Waals surface area contributed by atoms with Crippen LogP contribution >= 0.6 is 0 Å². The largest absolute Gasteiger partial charge is 0.415 e. The van der Waals surface area contributed by atoms with E-state index in [1.165, 1.54) is 23.2 Å². The quantitative estimate of drug-likeness (QED) is 0.361. The molecule has 0 bridgehead atoms. The number of cyclic esters (lactones) is 2. The number of hydrogen-bond donors (Lipinski definition) is 1. The Morgan fingerprint density at radius 1 is 1.24 bits per heavy atom. The van der Waals surface area contributed by atoms with Gasteiger partial charge in [-0.25, -0.2) is 14.6 Å². The summed E-state index contributed by atoms with van der Waals surface area (Å²) in [6.07, 6.45) is 1.89. The molecule has 128 valence electrons. The highest BCUT2D eigenvalue weighted by atomic mass is 16.6. The first kappa shape index (κ1) is 16.0. The van der Waals surface area contributed by atoms with Crippen molar-refractivity contribution in [1.82, 2.24) is 14.9 Å². The third-order valence-corrected chi connectivity index (χ3v) is 3.46. The van der Waals surface area contributed by atoms with Gasteiger partial charge >= 0.3 is 12.1 Å². The average molecular weight is 347 g/mol. The molecule has 12 nitrogen and oxygen atoms in total. The van der Waals surface area contributed by atoms with Gasteiger partial charge in [-0.2, -0.15) is 0 Å². The molecule has 1 fully saturated rings. The van der Waals surface area contributed by atoms with Crippen LogP contribution < -0.4 is 5.32 Å². The third-order valence-electron chi connectivity index (χ3n) is 3.46. The Balaban J connectivity index is 1.89. The highest BCUT2D eigenvalue weighted by Gasteiger charge is 2.33. The van der Waals surface area contributed by atoms with Gasteiger partial charge < -0.3 is 10.1 Å². The number of carbonyl (C=O) groups is 2. The first-order valence-electron chi connectivity index (χ1n) is 6.83. The maximum Gasteiger partial charge on any atom is 0.415 e. The molecule has 0 unspecified atom stereocenters. The molecule has 1 atom stereocenters.